The fourth-order valence-electron chi connectivity index (χ4n) is 2.48. The van der Waals surface area contributed by atoms with Gasteiger partial charge in [-0.3, -0.25) is 4.79 Å². The molecule has 0 spiro atoms. The minimum atomic E-state index is 0.0432. The van der Waals surface area contributed by atoms with Crippen molar-refractivity contribution in [1.82, 2.24) is 10.2 Å². The first kappa shape index (κ1) is 15.8. The molecule has 1 fully saturated rings. The second-order valence-electron chi connectivity index (χ2n) is 5.44. The maximum absolute atomic E-state index is 11.9. The Labute approximate surface area is 126 Å². The van der Waals surface area contributed by atoms with Gasteiger partial charge in [-0.15, -0.1) is 0 Å². The molecule has 0 bridgehead atoms. The molecule has 5 nitrogen and oxygen atoms in total. The SMILES string of the molecule is CNCC(=O)c1ccc(OC2CCN(C)CC2)c(OC)c1. The Morgan fingerprint density at radius 1 is 1.33 bits per heavy atom. The highest BCUT2D eigenvalue weighted by molar-refractivity contribution is 5.98. The molecule has 0 aromatic heterocycles. The third-order valence-corrected chi connectivity index (χ3v) is 3.78. The number of nitrogens with zero attached hydrogens (tertiary/aromatic N) is 1. The second kappa shape index (κ2) is 7.43. The van der Waals surface area contributed by atoms with Gasteiger partial charge in [0.25, 0.3) is 0 Å². The summed E-state index contributed by atoms with van der Waals surface area (Å²) in [5.74, 6) is 1.38. The van der Waals surface area contributed by atoms with Gasteiger partial charge < -0.3 is 19.7 Å². The molecule has 0 amide bonds. The van der Waals surface area contributed by atoms with Gasteiger partial charge >= 0.3 is 0 Å². The lowest BCUT2D eigenvalue weighted by molar-refractivity contribution is 0.0992. The standard InChI is InChI=1S/C16H24N2O3/c1-17-11-14(19)12-4-5-15(16(10-12)20-3)21-13-6-8-18(2)9-7-13/h4-5,10,13,17H,6-9,11H2,1-3H3. The molecule has 0 saturated carbocycles. The van der Waals surface area contributed by atoms with Gasteiger partial charge in [-0.2, -0.15) is 0 Å². The number of carbonyl (C=O) groups excluding carboxylic acids is 1. The van der Waals surface area contributed by atoms with Crippen molar-refractivity contribution in [3.63, 3.8) is 0 Å². The summed E-state index contributed by atoms with van der Waals surface area (Å²) in [5, 5.41) is 2.86. The van der Waals surface area contributed by atoms with Crippen LogP contribution in [0.25, 0.3) is 0 Å². The summed E-state index contributed by atoms with van der Waals surface area (Å²) in [6.45, 7) is 2.41. The summed E-state index contributed by atoms with van der Waals surface area (Å²) >= 11 is 0. The van der Waals surface area contributed by atoms with Gasteiger partial charge in [-0.25, -0.2) is 0 Å². The van der Waals surface area contributed by atoms with Crippen LogP contribution in [0.2, 0.25) is 0 Å². The molecule has 1 heterocycles. The summed E-state index contributed by atoms with van der Waals surface area (Å²) in [5.41, 5.74) is 0.636. The molecule has 1 aliphatic heterocycles. The molecule has 0 aliphatic carbocycles. The summed E-state index contributed by atoms with van der Waals surface area (Å²) in [6.07, 6.45) is 2.24. The van der Waals surface area contributed by atoms with Crippen LogP contribution in [-0.2, 0) is 0 Å². The van der Waals surface area contributed by atoms with E-state index in [1.165, 1.54) is 0 Å². The molecule has 1 aliphatic rings. The number of rotatable bonds is 6. The maximum atomic E-state index is 11.9. The predicted octanol–water partition coefficient (Wildman–Crippen LogP) is 1.57. The summed E-state index contributed by atoms with van der Waals surface area (Å²) in [7, 11) is 5.48. The predicted molar refractivity (Wildman–Crippen MR) is 82.4 cm³/mol. The number of hydrogen-bond donors (Lipinski definition) is 1. The lowest BCUT2D eigenvalue weighted by Crippen LogP contribution is -2.35. The highest BCUT2D eigenvalue weighted by atomic mass is 16.5. The number of ketones is 1. The Bertz CT molecular complexity index is 482. The van der Waals surface area contributed by atoms with Crippen molar-refractivity contribution < 1.29 is 14.3 Å². The maximum Gasteiger partial charge on any atom is 0.176 e. The zero-order chi connectivity index (χ0) is 15.2. The third-order valence-electron chi connectivity index (χ3n) is 3.78. The molecule has 0 unspecified atom stereocenters. The fraction of sp³-hybridized carbons (Fsp3) is 0.562. The Hall–Kier alpha value is -1.59. The number of Topliss-reactive ketones (excluding diaryl/α,β-unsaturated/α-hetero) is 1. The van der Waals surface area contributed by atoms with E-state index in [1.54, 1.807) is 26.3 Å². The van der Waals surface area contributed by atoms with Crippen LogP contribution in [0.4, 0.5) is 0 Å². The first-order chi connectivity index (χ1) is 10.1. The Morgan fingerprint density at radius 3 is 2.67 bits per heavy atom. The van der Waals surface area contributed by atoms with Crippen LogP contribution < -0.4 is 14.8 Å². The van der Waals surface area contributed by atoms with Crippen LogP contribution in [0, 0.1) is 0 Å². The van der Waals surface area contributed by atoms with Gasteiger partial charge in [-0.05, 0) is 45.1 Å². The van der Waals surface area contributed by atoms with E-state index in [0.29, 0.717) is 23.6 Å². The van der Waals surface area contributed by atoms with Crippen molar-refractivity contribution in [1.29, 1.82) is 0 Å². The summed E-state index contributed by atoms with van der Waals surface area (Å²) in [6, 6.07) is 5.39. The highest BCUT2D eigenvalue weighted by Crippen LogP contribution is 2.30. The average Bonchev–Trinajstić information content (AvgIpc) is 2.50. The molecule has 21 heavy (non-hydrogen) atoms. The Morgan fingerprint density at radius 2 is 2.05 bits per heavy atom. The van der Waals surface area contributed by atoms with Crippen molar-refractivity contribution in [2.45, 2.75) is 18.9 Å². The van der Waals surface area contributed by atoms with Crippen LogP contribution in [-0.4, -0.2) is 57.6 Å². The number of likely N-dealkylation sites (tertiary alicyclic amines) is 1. The lowest BCUT2D eigenvalue weighted by Gasteiger charge is -2.29. The van der Waals surface area contributed by atoms with E-state index >= 15 is 0 Å². The average molecular weight is 292 g/mol. The number of ether oxygens (including phenoxy) is 2. The van der Waals surface area contributed by atoms with Crippen molar-refractivity contribution >= 4 is 5.78 Å². The third kappa shape index (κ3) is 4.19. The van der Waals surface area contributed by atoms with Gasteiger partial charge in [-0.1, -0.05) is 0 Å². The first-order valence-electron chi connectivity index (χ1n) is 7.35. The summed E-state index contributed by atoms with van der Waals surface area (Å²) < 4.78 is 11.4. The number of likely N-dealkylation sites (N-methyl/N-ethyl adjacent to an activating group) is 1. The van der Waals surface area contributed by atoms with Crippen molar-refractivity contribution in [3.05, 3.63) is 23.8 Å². The van der Waals surface area contributed by atoms with Crippen LogP contribution in [0.3, 0.4) is 0 Å². The van der Waals surface area contributed by atoms with E-state index in [4.69, 9.17) is 9.47 Å². The van der Waals surface area contributed by atoms with Crippen LogP contribution in [0.15, 0.2) is 18.2 Å². The molecule has 5 heteroatoms. The molecular formula is C16H24N2O3. The van der Waals surface area contributed by atoms with Crippen molar-refractivity contribution in [2.75, 3.05) is 40.8 Å². The molecule has 0 radical (unpaired) electrons. The lowest BCUT2D eigenvalue weighted by atomic mass is 10.1. The molecule has 1 saturated heterocycles. The van der Waals surface area contributed by atoms with Gasteiger partial charge in [0.15, 0.2) is 17.3 Å². The van der Waals surface area contributed by atoms with Gasteiger partial charge in [0.2, 0.25) is 0 Å². The quantitative estimate of drug-likeness (QED) is 0.807. The zero-order valence-electron chi connectivity index (χ0n) is 13.0. The Balaban J connectivity index is 2.07. The zero-order valence-corrected chi connectivity index (χ0v) is 13.0. The molecule has 1 aromatic rings. The number of methoxy groups -OCH3 is 1. The topological polar surface area (TPSA) is 50.8 Å². The number of piperidine rings is 1. The molecule has 1 aromatic carbocycles. The first-order valence-corrected chi connectivity index (χ1v) is 7.35. The second-order valence-corrected chi connectivity index (χ2v) is 5.44. The smallest absolute Gasteiger partial charge is 0.176 e. The van der Waals surface area contributed by atoms with E-state index in [9.17, 15) is 4.79 Å². The van der Waals surface area contributed by atoms with E-state index in [0.717, 1.165) is 25.9 Å². The molecular weight excluding hydrogens is 268 g/mol. The largest absolute Gasteiger partial charge is 0.493 e. The van der Waals surface area contributed by atoms with Gasteiger partial charge in [0.05, 0.1) is 13.7 Å². The molecule has 0 atom stereocenters. The number of carbonyl (C=O) groups is 1. The normalized spacial score (nSPS) is 16.7. The number of benzene rings is 1. The Kier molecular flexibility index (Phi) is 5.59. The molecule has 1 N–H and O–H groups in total. The minimum Gasteiger partial charge on any atom is -0.493 e. The molecule has 2 rings (SSSR count). The van der Waals surface area contributed by atoms with E-state index < -0.39 is 0 Å². The van der Waals surface area contributed by atoms with Crippen LogP contribution >= 0.6 is 0 Å². The van der Waals surface area contributed by atoms with Crippen LogP contribution in [0.5, 0.6) is 11.5 Å². The summed E-state index contributed by atoms with van der Waals surface area (Å²) in [4.78, 5) is 14.2. The number of nitrogens with one attached hydrogen (secondary N) is 1. The highest BCUT2D eigenvalue weighted by Gasteiger charge is 2.20. The van der Waals surface area contributed by atoms with Crippen molar-refractivity contribution in [2.24, 2.45) is 0 Å². The van der Waals surface area contributed by atoms with E-state index in [-0.39, 0.29) is 11.9 Å². The fourth-order valence-corrected chi connectivity index (χ4v) is 2.48. The van der Waals surface area contributed by atoms with E-state index in [2.05, 4.69) is 17.3 Å². The van der Waals surface area contributed by atoms with Crippen molar-refractivity contribution in [3.8, 4) is 11.5 Å². The van der Waals surface area contributed by atoms with Gasteiger partial charge in [0, 0.05) is 18.7 Å². The van der Waals surface area contributed by atoms with Crippen LogP contribution in [0.1, 0.15) is 23.2 Å². The minimum absolute atomic E-state index is 0.0432. The molecule has 116 valence electrons. The van der Waals surface area contributed by atoms with Gasteiger partial charge in [0.1, 0.15) is 6.10 Å². The number of hydrogen-bond acceptors (Lipinski definition) is 5. The monoisotopic (exact) mass is 292 g/mol. The van der Waals surface area contributed by atoms with E-state index in [1.807, 2.05) is 6.07 Å².